The highest BCUT2D eigenvalue weighted by atomic mass is 35.5. The first-order valence-electron chi connectivity index (χ1n) is 7.06. The summed E-state index contributed by atoms with van der Waals surface area (Å²) in [5, 5.41) is 2.98. The van der Waals surface area contributed by atoms with Gasteiger partial charge in [0.2, 0.25) is 5.43 Å². The lowest BCUT2D eigenvalue weighted by molar-refractivity contribution is -0.137. The fourth-order valence-electron chi connectivity index (χ4n) is 2.32. The molecule has 8 heteroatoms. The lowest BCUT2D eigenvalue weighted by Crippen LogP contribution is -2.22. The lowest BCUT2D eigenvalue weighted by Gasteiger charge is -2.09. The maximum Gasteiger partial charge on any atom is 0.416 e. The van der Waals surface area contributed by atoms with Gasteiger partial charge in [0.05, 0.1) is 16.1 Å². The van der Waals surface area contributed by atoms with Gasteiger partial charge in [0.1, 0.15) is 5.56 Å². The van der Waals surface area contributed by atoms with Crippen LogP contribution in [0.3, 0.4) is 0 Å². The number of hydrogen-bond donors (Lipinski definition) is 2. The minimum absolute atomic E-state index is 0.142. The zero-order valence-corrected chi connectivity index (χ0v) is 13.2. The molecule has 3 aromatic rings. The number of para-hydroxylation sites is 1. The summed E-state index contributed by atoms with van der Waals surface area (Å²) >= 11 is 5.98. The number of halogens is 4. The average Bonchev–Trinajstić information content (AvgIpc) is 2.55. The van der Waals surface area contributed by atoms with Gasteiger partial charge in [-0.1, -0.05) is 17.7 Å². The smallest absolute Gasteiger partial charge is 0.359 e. The summed E-state index contributed by atoms with van der Waals surface area (Å²) in [5.41, 5.74) is -0.983. The fourth-order valence-corrected chi connectivity index (χ4v) is 2.55. The number of carbonyl (C=O) groups excluding carboxylic acids is 1. The largest absolute Gasteiger partial charge is 0.416 e. The molecular weight excluding hydrogens is 357 g/mol. The van der Waals surface area contributed by atoms with E-state index < -0.39 is 23.1 Å². The highest BCUT2D eigenvalue weighted by molar-refractivity contribution is 6.35. The molecule has 0 unspecified atom stereocenters. The van der Waals surface area contributed by atoms with Crippen LogP contribution in [0.25, 0.3) is 10.9 Å². The second-order valence-electron chi connectivity index (χ2n) is 5.22. The van der Waals surface area contributed by atoms with Crippen LogP contribution in [0.2, 0.25) is 5.02 Å². The predicted molar refractivity (Wildman–Crippen MR) is 89.0 cm³/mol. The van der Waals surface area contributed by atoms with Crippen molar-refractivity contribution in [3.63, 3.8) is 0 Å². The number of benzene rings is 2. The van der Waals surface area contributed by atoms with E-state index in [1.807, 2.05) is 0 Å². The van der Waals surface area contributed by atoms with Crippen LogP contribution in [0.5, 0.6) is 0 Å². The number of pyridine rings is 1. The molecule has 0 fully saturated rings. The highest BCUT2D eigenvalue weighted by Gasteiger charge is 2.30. The number of aromatic amines is 1. The number of aromatic nitrogens is 1. The van der Waals surface area contributed by atoms with Gasteiger partial charge in [-0.05, 0) is 36.4 Å². The van der Waals surface area contributed by atoms with Gasteiger partial charge in [0.25, 0.3) is 5.91 Å². The standard InChI is InChI=1S/C17H10ClF3N2O2/c18-13-3-1-2-11-14(13)22-8-12(15(11)24)16(25)23-10-6-4-9(5-7-10)17(19,20)21/h1-8H,(H,22,24)(H,23,25). The van der Waals surface area contributed by atoms with Crippen molar-refractivity contribution in [1.82, 2.24) is 4.98 Å². The Morgan fingerprint density at radius 3 is 2.40 bits per heavy atom. The number of alkyl halides is 3. The van der Waals surface area contributed by atoms with Crippen molar-refractivity contribution < 1.29 is 18.0 Å². The van der Waals surface area contributed by atoms with Crippen molar-refractivity contribution in [2.75, 3.05) is 5.32 Å². The molecular formula is C17H10ClF3N2O2. The summed E-state index contributed by atoms with van der Waals surface area (Å²) < 4.78 is 37.6. The summed E-state index contributed by atoms with van der Waals surface area (Å²) in [5.74, 6) is -0.733. The molecule has 0 saturated carbocycles. The minimum Gasteiger partial charge on any atom is -0.359 e. The number of anilines is 1. The van der Waals surface area contributed by atoms with Crippen LogP contribution in [-0.4, -0.2) is 10.9 Å². The first-order valence-corrected chi connectivity index (χ1v) is 7.43. The molecule has 3 rings (SSSR count). The van der Waals surface area contributed by atoms with Crippen molar-refractivity contribution in [1.29, 1.82) is 0 Å². The topological polar surface area (TPSA) is 62.0 Å². The van der Waals surface area contributed by atoms with Crippen LogP contribution in [-0.2, 0) is 6.18 Å². The van der Waals surface area contributed by atoms with Crippen LogP contribution in [0.15, 0.2) is 53.5 Å². The quantitative estimate of drug-likeness (QED) is 0.703. The van der Waals surface area contributed by atoms with E-state index in [4.69, 9.17) is 11.6 Å². The first kappa shape index (κ1) is 17.0. The minimum atomic E-state index is -4.46. The lowest BCUT2D eigenvalue weighted by atomic mass is 10.1. The number of H-pyrrole nitrogens is 1. The van der Waals surface area contributed by atoms with E-state index in [1.165, 1.54) is 12.3 Å². The molecule has 1 amide bonds. The van der Waals surface area contributed by atoms with Crippen LogP contribution in [0.1, 0.15) is 15.9 Å². The molecule has 4 nitrogen and oxygen atoms in total. The first-order chi connectivity index (χ1) is 11.8. The number of carbonyl (C=O) groups is 1. The van der Waals surface area contributed by atoms with Crippen molar-refractivity contribution in [2.45, 2.75) is 6.18 Å². The van der Waals surface area contributed by atoms with Crippen LogP contribution < -0.4 is 10.7 Å². The van der Waals surface area contributed by atoms with Gasteiger partial charge in [-0.3, -0.25) is 9.59 Å². The van der Waals surface area contributed by atoms with E-state index in [9.17, 15) is 22.8 Å². The van der Waals surface area contributed by atoms with Gasteiger partial charge in [0, 0.05) is 17.3 Å². The summed E-state index contributed by atoms with van der Waals surface area (Å²) in [6.07, 6.45) is -3.24. The van der Waals surface area contributed by atoms with Crippen LogP contribution in [0, 0.1) is 0 Å². The second-order valence-corrected chi connectivity index (χ2v) is 5.63. The van der Waals surface area contributed by atoms with Gasteiger partial charge in [0.15, 0.2) is 0 Å². The number of fused-ring (bicyclic) bond motifs is 1. The normalized spacial score (nSPS) is 11.5. The molecule has 0 spiro atoms. The molecule has 2 aromatic carbocycles. The number of rotatable bonds is 2. The fraction of sp³-hybridized carbons (Fsp3) is 0.0588. The van der Waals surface area contributed by atoms with Crippen molar-refractivity contribution in [2.24, 2.45) is 0 Å². The Hall–Kier alpha value is -2.80. The SMILES string of the molecule is O=C(Nc1ccc(C(F)(F)F)cc1)c1c[nH]c2c(Cl)cccc2c1=O. The molecule has 2 N–H and O–H groups in total. The van der Waals surface area contributed by atoms with E-state index in [1.54, 1.807) is 12.1 Å². The molecule has 0 aliphatic rings. The monoisotopic (exact) mass is 366 g/mol. The maximum atomic E-state index is 12.5. The van der Waals surface area contributed by atoms with Gasteiger partial charge in [-0.2, -0.15) is 13.2 Å². The Morgan fingerprint density at radius 1 is 1.08 bits per heavy atom. The third kappa shape index (κ3) is 3.36. The van der Waals surface area contributed by atoms with Crippen molar-refractivity contribution in [3.05, 3.63) is 75.0 Å². The Kier molecular flexibility index (Phi) is 4.26. The predicted octanol–water partition coefficient (Wildman–Crippen LogP) is 4.45. The summed E-state index contributed by atoms with van der Waals surface area (Å²) in [6, 6.07) is 8.63. The molecule has 0 radical (unpaired) electrons. The van der Waals surface area contributed by atoms with Crippen LogP contribution in [0.4, 0.5) is 18.9 Å². The molecule has 1 aromatic heterocycles. The third-order valence-electron chi connectivity index (χ3n) is 3.58. The molecule has 0 bridgehead atoms. The summed E-state index contributed by atoms with van der Waals surface area (Å²) in [4.78, 5) is 27.5. The third-order valence-corrected chi connectivity index (χ3v) is 3.89. The van der Waals surface area contributed by atoms with Crippen molar-refractivity contribution >= 4 is 34.1 Å². The molecule has 0 atom stereocenters. The Morgan fingerprint density at radius 2 is 1.76 bits per heavy atom. The van der Waals surface area contributed by atoms with E-state index in [-0.39, 0.29) is 16.6 Å². The molecule has 1 heterocycles. The van der Waals surface area contributed by atoms with E-state index in [0.717, 1.165) is 24.3 Å². The molecule has 0 aliphatic heterocycles. The maximum absolute atomic E-state index is 12.5. The summed E-state index contributed by atoms with van der Waals surface area (Å²) in [6.45, 7) is 0. The summed E-state index contributed by atoms with van der Waals surface area (Å²) in [7, 11) is 0. The number of hydrogen-bond acceptors (Lipinski definition) is 2. The van der Waals surface area contributed by atoms with E-state index >= 15 is 0 Å². The van der Waals surface area contributed by atoms with Gasteiger partial charge in [-0.25, -0.2) is 0 Å². The van der Waals surface area contributed by atoms with Gasteiger partial charge in [-0.15, -0.1) is 0 Å². The average molecular weight is 367 g/mol. The zero-order valence-electron chi connectivity index (χ0n) is 12.4. The molecule has 0 saturated heterocycles. The van der Waals surface area contributed by atoms with E-state index in [2.05, 4.69) is 10.3 Å². The van der Waals surface area contributed by atoms with Crippen molar-refractivity contribution in [3.8, 4) is 0 Å². The van der Waals surface area contributed by atoms with Crippen LogP contribution >= 0.6 is 11.6 Å². The Balaban J connectivity index is 1.90. The number of nitrogens with one attached hydrogen (secondary N) is 2. The Bertz CT molecular complexity index is 1010. The Labute approximate surface area is 144 Å². The molecule has 0 aliphatic carbocycles. The van der Waals surface area contributed by atoms with Gasteiger partial charge < -0.3 is 10.3 Å². The molecule has 128 valence electrons. The zero-order chi connectivity index (χ0) is 18.2. The van der Waals surface area contributed by atoms with E-state index in [0.29, 0.717) is 10.5 Å². The number of amides is 1. The molecule has 25 heavy (non-hydrogen) atoms. The van der Waals surface area contributed by atoms with Gasteiger partial charge >= 0.3 is 6.18 Å². The second kappa shape index (κ2) is 6.25. The highest BCUT2D eigenvalue weighted by Crippen LogP contribution is 2.29.